The molecule has 0 N–H and O–H groups in total. The van der Waals surface area contributed by atoms with Gasteiger partial charge in [0.05, 0.1) is 0 Å². The third kappa shape index (κ3) is 5.33. The average Bonchev–Trinajstić information content (AvgIpc) is 2.69. The van der Waals surface area contributed by atoms with Crippen molar-refractivity contribution in [2.75, 3.05) is 0 Å². The topological polar surface area (TPSA) is 0 Å². The van der Waals surface area contributed by atoms with Crippen LogP contribution in [0, 0.1) is 11.7 Å². The van der Waals surface area contributed by atoms with Gasteiger partial charge in [0.2, 0.25) is 0 Å². The predicted molar refractivity (Wildman–Crippen MR) is 116 cm³/mol. The van der Waals surface area contributed by atoms with Crippen LogP contribution in [0.4, 0.5) is 4.39 Å². The molecular formula is C26H37F. The van der Waals surface area contributed by atoms with Gasteiger partial charge in [0, 0.05) is 5.39 Å². The lowest BCUT2D eigenvalue weighted by Crippen LogP contribution is -2.14. The second kappa shape index (κ2) is 10.2. The molecule has 1 fully saturated rings. The van der Waals surface area contributed by atoms with Crippen molar-refractivity contribution >= 4 is 10.8 Å². The minimum Gasteiger partial charge on any atom is -0.206 e. The molecule has 0 spiro atoms. The Hall–Kier alpha value is -1.37. The van der Waals surface area contributed by atoms with Crippen LogP contribution in [-0.4, -0.2) is 0 Å². The number of hydrogen-bond donors (Lipinski definition) is 0. The highest BCUT2D eigenvalue weighted by molar-refractivity contribution is 5.84. The summed E-state index contributed by atoms with van der Waals surface area (Å²) >= 11 is 0. The zero-order chi connectivity index (χ0) is 19.1. The van der Waals surface area contributed by atoms with Crippen molar-refractivity contribution in [2.24, 2.45) is 5.92 Å². The minimum absolute atomic E-state index is 0.0436. The third-order valence-corrected chi connectivity index (χ3v) is 6.62. The van der Waals surface area contributed by atoms with Crippen LogP contribution >= 0.6 is 0 Å². The summed E-state index contributed by atoms with van der Waals surface area (Å²) in [5, 5.41) is 1.88. The standard InChI is InChI=1S/C26H37F/c1-3-5-7-9-20-11-14-22(15-12-20)24-18-16-23-19-21(10-8-6-4-2)13-17-25(23)26(24)27/h13,16-20,22H,3-12,14-15H2,1-2H3. The summed E-state index contributed by atoms with van der Waals surface area (Å²) in [6.45, 7) is 4.50. The molecule has 0 atom stereocenters. The van der Waals surface area contributed by atoms with E-state index in [0.29, 0.717) is 5.92 Å². The first kappa shape index (κ1) is 20.4. The third-order valence-electron chi connectivity index (χ3n) is 6.62. The Bertz CT molecular complexity index is 709. The fourth-order valence-corrected chi connectivity index (χ4v) is 4.85. The largest absolute Gasteiger partial charge is 0.206 e. The van der Waals surface area contributed by atoms with Crippen LogP contribution in [0.25, 0.3) is 10.8 Å². The monoisotopic (exact) mass is 368 g/mol. The molecule has 2 aromatic carbocycles. The van der Waals surface area contributed by atoms with E-state index < -0.39 is 0 Å². The second-order valence-corrected chi connectivity index (χ2v) is 8.69. The van der Waals surface area contributed by atoms with Crippen LogP contribution in [0.1, 0.15) is 102 Å². The summed E-state index contributed by atoms with van der Waals surface area (Å²) in [5.74, 6) is 1.34. The zero-order valence-corrected chi connectivity index (χ0v) is 17.4. The van der Waals surface area contributed by atoms with Gasteiger partial charge in [-0.1, -0.05) is 82.7 Å². The zero-order valence-electron chi connectivity index (χ0n) is 17.4. The quantitative estimate of drug-likeness (QED) is 0.389. The van der Waals surface area contributed by atoms with E-state index in [4.69, 9.17) is 0 Å². The lowest BCUT2D eigenvalue weighted by atomic mass is 9.76. The maximum Gasteiger partial charge on any atom is 0.134 e. The van der Waals surface area contributed by atoms with E-state index in [9.17, 15) is 0 Å². The van der Waals surface area contributed by atoms with Gasteiger partial charge in [-0.3, -0.25) is 0 Å². The Morgan fingerprint density at radius 2 is 1.59 bits per heavy atom. The van der Waals surface area contributed by atoms with Crippen molar-refractivity contribution in [3.63, 3.8) is 0 Å². The fourth-order valence-electron chi connectivity index (χ4n) is 4.85. The first-order valence-electron chi connectivity index (χ1n) is 11.4. The lowest BCUT2D eigenvalue weighted by Gasteiger charge is -2.29. The van der Waals surface area contributed by atoms with E-state index in [-0.39, 0.29) is 5.82 Å². The number of fused-ring (bicyclic) bond motifs is 1. The summed E-state index contributed by atoms with van der Waals surface area (Å²) in [4.78, 5) is 0. The van der Waals surface area contributed by atoms with Crippen molar-refractivity contribution in [3.8, 4) is 0 Å². The molecule has 148 valence electrons. The Labute approximate surface area is 165 Å². The summed E-state index contributed by atoms with van der Waals surface area (Å²) in [6, 6.07) is 10.6. The van der Waals surface area contributed by atoms with Gasteiger partial charge in [-0.2, -0.15) is 0 Å². The van der Waals surface area contributed by atoms with E-state index >= 15 is 4.39 Å². The molecule has 0 radical (unpaired) electrons. The number of halogens is 1. The van der Waals surface area contributed by atoms with Gasteiger partial charge in [0.1, 0.15) is 5.82 Å². The van der Waals surface area contributed by atoms with Gasteiger partial charge in [-0.15, -0.1) is 0 Å². The van der Waals surface area contributed by atoms with E-state index in [1.807, 2.05) is 6.07 Å². The molecule has 0 unspecified atom stereocenters. The molecule has 1 heteroatoms. The maximum atomic E-state index is 15.2. The van der Waals surface area contributed by atoms with E-state index in [2.05, 4.69) is 38.1 Å². The molecule has 0 saturated heterocycles. The second-order valence-electron chi connectivity index (χ2n) is 8.69. The Balaban J connectivity index is 1.65. The molecule has 0 amide bonds. The summed E-state index contributed by atoms with van der Waals surface area (Å²) in [7, 11) is 0. The summed E-state index contributed by atoms with van der Waals surface area (Å²) in [5.41, 5.74) is 2.31. The number of hydrogen-bond acceptors (Lipinski definition) is 0. The van der Waals surface area contributed by atoms with Crippen molar-refractivity contribution in [1.82, 2.24) is 0 Å². The number of benzene rings is 2. The molecule has 0 aliphatic heterocycles. The van der Waals surface area contributed by atoms with Crippen LogP contribution in [0.15, 0.2) is 30.3 Å². The van der Waals surface area contributed by atoms with Gasteiger partial charge < -0.3 is 0 Å². The van der Waals surface area contributed by atoms with Gasteiger partial charge in [-0.25, -0.2) is 4.39 Å². The maximum absolute atomic E-state index is 15.2. The molecule has 27 heavy (non-hydrogen) atoms. The van der Waals surface area contributed by atoms with E-state index in [0.717, 1.165) is 41.5 Å². The summed E-state index contributed by atoms with van der Waals surface area (Å²) in [6.07, 6.45) is 15.1. The Morgan fingerprint density at radius 1 is 0.852 bits per heavy atom. The first-order valence-corrected chi connectivity index (χ1v) is 11.4. The van der Waals surface area contributed by atoms with Gasteiger partial charge >= 0.3 is 0 Å². The molecule has 1 aliphatic carbocycles. The molecular weight excluding hydrogens is 331 g/mol. The Kier molecular flexibility index (Phi) is 7.73. The van der Waals surface area contributed by atoms with Crippen LogP contribution < -0.4 is 0 Å². The SMILES string of the molecule is CCCCCc1ccc2c(F)c(C3CCC(CCCCC)CC3)ccc2c1. The average molecular weight is 369 g/mol. The van der Waals surface area contributed by atoms with Crippen LogP contribution in [-0.2, 0) is 6.42 Å². The predicted octanol–water partition coefficient (Wildman–Crippen LogP) is 8.57. The Morgan fingerprint density at radius 3 is 2.33 bits per heavy atom. The highest BCUT2D eigenvalue weighted by Gasteiger charge is 2.24. The van der Waals surface area contributed by atoms with Crippen LogP contribution in [0.3, 0.4) is 0 Å². The number of aryl methyl sites for hydroxylation is 1. The molecule has 2 aromatic rings. The molecule has 0 heterocycles. The molecule has 0 aromatic heterocycles. The minimum atomic E-state index is 0.0436. The normalized spacial score (nSPS) is 20.3. The molecule has 0 nitrogen and oxygen atoms in total. The van der Waals surface area contributed by atoms with Crippen LogP contribution in [0.5, 0.6) is 0 Å². The molecule has 1 aliphatic rings. The van der Waals surface area contributed by atoms with Crippen molar-refractivity contribution < 1.29 is 4.39 Å². The first-order chi connectivity index (χ1) is 13.2. The highest BCUT2D eigenvalue weighted by atomic mass is 19.1. The van der Waals surface area contributed by atoms with Crippen molar-refractivity contribution in [3.05, 3.63) is 47.3 Å². The van der Waals surface area contributed by atoms with Gasteiger partial charge in [-0.05, 0) is 66.9 Å². The van der Waals surface area contributed by atoms with Gasteiger partial charge in [0.15, 0.2) is 0 Å². The molecule has 0 bridgehead atoms. The molecule has 1 saturated carbocycles. The van der Waals surface area contributed by atoms with Crippen LogP contribution in [0.2, 0.25) is 0 Å². The fraction of sp³-hybridized carbons (Fsp3) is 0.615. The van der Waals surface area contributed by atoms with E-state index in [1.54, 1.807) is 0 Å². The number of unbranched alkanes of at least 4 members (excludes halogenated alkanes) is 4. The highest BCUT2D eigenvalue weighted by Crippen LogP contribution is 2.40. The lowest BCUT2D eigenvalue weighted by molar-refractivity contribution is 0.299. The summed E-state index contributed by atoms with van der Waals surface area (Å²) < 4.78 is 15.2. The van der Waals surface area contributed by atoms with Gasteiger partial charge in [0.25, 0.3) is 0 Å². The molecule has 3 rings (SSSR count). The van der Waals surface area contributed by atoms with E-state index in [1.165, 1.54) is 63.4 Å². The number of rotatable bonds is 9. The van der Waals surface area contributed by atoms with Crippen molar-refractivity contribution in [1.29, 1.82) is 0 Å². The smallest absolute Gasteiger partial charge is 0.134 e. The van der Waals surface area contributed by atoms with Crippen molar-refractivity contribution in [2.45, 2.75) is 96.8 Å².